The van der Waals surface area contributed by atoms with Gasteiger partial charge in [0.15, 0.2) is 0 Å². The Labute approximate surface area is 134 Å². The van der Waals surface area contributed by atoms with Gasteiger partial charge in [0.05, 0.1) is 12.2 Å². The molecule has 0 aromatic heterocycles. The number of epoxide rings is 1. The quantitative estimate of drug-likeness (QED) is 0.357. The van der Waals surface area contributed by atoms with Crippen LogP contribution in [0.2, 0.25) is 0 Å². The fourth-order valence-electron chi connectivity index (χ4n) is 2.84. The first-order valence-electron chi connectivity index (χ1n) is 9.02. The summed E-state index contributed by atoms with van der Waals surface area (Å²) in [6, 6.07) is 0. The number of Topliss-reactive ketones (excluding diaryl/α,β-unsaturated/α-hetero) is 1. The monoisotopic (exact) mass is 312 g/mol. The summed E-state index contributed by atoms with van der Waals surface area (Å²) in [6.07, 6.45) is 12.9. The molecule has 2 unspecified atom stereocenters. The molecule has 1 heterocycles. The second-order valence-electron chi connectivity index (χ2n) is 6.47. The van der Waals surface area contributed by atoms with Gasteiger partial charge in [-0.05, 0) is 19.3 Å². The second-order valence-corrected chi connectivity index (χ2v) is 6.47. The van der Waals surface area contributed by atoms with Crippen LogP contribution in [0, 0.1) is 0 Å². The minimum atomic E-state index is -0.700. The Morgan fingerprint density at radius 2 is 1.50 bits per heavy atom. The lowest BCUT2D eigenvalue weighted by atomic mass is 10.0. The van der Waals surface area contributed by atoms with Crippen molar-refractivity contribution in [2.24, 2.45) is 0 Å². The molecule has 0 saturated carbocycles. The number of carbonyl (C=O) groups excluding carboxylic acids is 1. The first-order chi connectivity index (χ1) is 10.6. The summed E-state index contributed by atoms with van der Waals surface area (Å²) < 4.78 is 5.58. The lowest BCUT2D eigenvalue weighted by Crippen LogP contribution is -2.04. The van der Waals surface area contributed by atoms with E-state index in [1.54, 1.807) is 0 Å². The molecule has 1 N–H and O–H groups in total. The van der Waals surface area contributed by atoms with Crippen LogP contribution < -0.4 is 0 Å². The zero-order valence-corrected chi connectivity index (χ0v) is 14.0. The Morgan fingerprint density at radius 3 is 2.23 bits per heavy atom. The molecular weight excluding hydrogens is 280 g/mol. The average Bonchev–Trinajstić information content (AvgIpc) is 3.20. The van der Waals surface area contributed by atoms with Crippen molar-refractivity contribution < 1.29 is 19.4 Å². The molecule has 22 heavy (non-hydrogen) atoms. The molecule has 0 spiro atoms. The predicted octanol–water partition coefficient (Wildman–Crippen LogP) is 4.50. The summed E-state index contributed by atoms with van der Waals surface area (Å²) in [5, 5.41) is 8.53. The van der Waals surface area contributed by atoms with Crippen LogP contribution in [0.5, 0.6) is 0 Å². The molecule has 128 valence electrons. The third-order valence-electron chi connectivity index (χ3n) is 4.30. The van der Waals surface area contributed by atoms with Crippen LogP contribution in [0.1, 0.15) is 90.4 Å². The van der Waals surface area contributed by atoms with Crippen molar-refractivity contribution in [3.63, 3.8) is 0 Å². The van der Waals surface area contributed by atoms with Gasteiger partial charge in [-0.1, -0.05) is 51.9 Å². The maximum Gasteiger partial charge on any atom is 0.303 e. The van der Waals surface area contributed by atoms with E-state index in [0.29, 0.717) is 18.3 Å². The maximum atomic E-state index is 11.8. The summed E-state index contributed by atoms with van der Waals surface area (Å²) in [6.45, 7) is 2.18. The van der Waals surface area contributed by atoms with Gasteiger partial charge in [-0.25, -0.2) is 0 Å². The molecule has 1 aliphatic heterocycles. The van der Waals surface area contributed by atoms with E-state index in [2.05, 4.69) is 6.92 Å². The van der Waals surface area contributed by atoms with Crippen LogP contribution in [-0.2, 0) is 14.3 Å². The van der Waals surface area contributed by atoms with Crippen LogP contribution >= 0.6 is 0 Å². The Kier molecular flexibility index (Phi) is 10.1. The third kappa shape index (κ3) is 9.93. The molecule has 1 fully saturated rings. The van der Waals surface area contributed by atoms with E-state index >= 15 is 0 Å². The molecular formula is C18H32O4. The first-order valence-corrected chi connectivity index (χ1v) is 9.02. The molecule has 0 amide bonds. The fourth-order valence-corrected chi connectivity index (χ4v) is 2.84. The number of ketones is 1. The number of ether oxygens (including phenoxy) is 1. The average molecular weight is 312 g/mol. The normalized spacial score (nSPS) is 20.0. The topological polar surface area (TPSA) is 66.9 Å². The van der Waals surface area contributed by atoms with Gasteiger partial charge < -0.3 is 9.84 Å². The molecule has 4 nitrogen and oxygen atoms in total. The summed E-state index contributed by atoms with van der Waals surface area (Å²) in [5.74, 6) is -0.342. The van der Waals surface area contributed by atoms with E-state index in [-0.39, 0.29) is 12.5 Å². The van der Waals surface area contributed by atoms with E-state index in [9.17, 15) is 9.59 Å². The molecule has 1 saturated heterocycles. The second kappa shape index (κ2) is 11.6. The van der Waals surface area contributed by atoms with Crippen molar-refractivity contribution in [3.8, 4) is 0 Å². The lowest BCUT2D eigenvalue weighted by Gasteiger charge is -2.00. The van der Waals surface area contributed by atoms with Crippen LogP contribution in [0.3, 0.4) is 0 Å². The number of hydrogen-bond donors (Lipinski definition) is 1. The molecule has 4 heteroatoms. The molecule has 0 aromatic carbocycles. The van der Waals surface area contributed by atoms with Gasteiger partial charge in [-0.3, -0.25) is 9.59 Å². The largest absolute Gasteiger partial charge is 0.481 e. The Hall–Kier alpha value is -0.900. The predicted molar refractivity (Wildman–Crippen MR) is 87.0 cm³/mol. The highest BCUT2D eigenvalue weighted by Gasteiger charge is 2.38. The molecule has 0 aromatic rings. The van der Waals surface area contributed by atoms with Gasteiger partial charge in [0, 0.05) is 19.3 Å². The standard InChI is InChI=1S/C18H32O4/c1-2-3-4-8-11-15(19)14-17-16(22-17)12-9-6-5-7-10-13-18(20)21/h16-17H,2-14H2,1H3,(H,20,21). The number of carboxylic acids is 1. The van der Waals surface area contributed by atoms with E-state index < -0.39 is 5.97 Å². The van der Waals surface area contributed by atoms with Gasteiger partial charge >= 0.3 is 5.97 Å². The van der Waals surface area contributed by atoms with Crippen LogP contribution in [0.25, 0.3) is 0 Å². The number of hydrogen-bond acceptors (Lipinski definition) is 3. The third-order valence-corrected chi connectivity index (χ3v) is 4.30. The van der Waals surface area contributed by atoms with E-state index in [1.807, 2.05) is 0 Å². The number of carbonyl (C=O) groups is 2. The first kappa shape index (κ1) is 19.1. The molecule has 1 aliphatic rings. The summed E-state index contributed by atoms with van der Waals surface area (Å²) in [7, 11) is 0. The zero-order chi connectivity index (χ0) is 16.2. The highest BCUT2D eigenvalue weighted by Crippen LogP contribution is 2.31. The number of unbranched alkanes of at least 4 members (excludes halogenated alkanes) is 7. The lowest BCUT2D eigenvalue weighted by molar-refractivity contribution is -0.137. The smallest absolute Gasteiger partial charge is 0.303 e. The van der Waals surface area contributed by atoms with Crippen molar-refractivity contribution in [1.29, 1.82) is 0 Å². The Balaban J connectivity index is 1.87. The van der Waals surface area contributed by atoms with E-state index in [4.69, 9.17) is 9.84 Å². The Morgan fingerprint density at radius 1 is 0.864 bits per heavy atom. The fraction of sp³-hybridized carbons (Fsp3) is 0.889. The number of rotatable bonds is 15. The van der Waals surface area contributed by atoms with Crippen LogP contribution in [0.4, 0.5) is 0 Å². The summed E-state index contributed by atoms with van der Waals surface area (Å²) in [5.41, 5.74) is 0. The maximum absolute atomic E-state index is 11.8. The van der Waals surface area contributed by atoms with Crippen LogP contribution in [0.15, 0.2) is 0 Å². The minimum absolute atomic E-state index is 0.186. The van der Waals surface area contributed by atoms with Crippen molar-refractivity contribution in [3.05, 3.63) is 0 Å². The number of aliphatic carboxylic acids is 1. The summed E-state index contributed by atoms with van der Waals surface area (Å²) >= 11 is 0. The van der Waals surface area contributed by atoms with Crippen molar-refractivity contribution >= 4 is 11.8 Å². The van der Waals surface area contributed by atoms with Crippen molar-refractivity contribution in [2.45, 2.75) is 103 Å². The highest BCUT2D eigenvalue weighted by atomic mass is 16.6. The number of carboxylic acid groups (broad SMARTS) is 1. The van der Waals surface area contributed by atoms with Crippen molar-refractivity contribution in [1.82, 2.24) is 0 Å². The Bertz CT molecular complexity index is 327. The molecule has 0 bridgehead atoms. The van der Waals surface area contributed by atoms with Gasteiger partial charge in [0.2, 0.25) is 0 Å². The van der Waals surface area contributed by atoms with Crippen LogP contribution in [-0.4, -0.2) is 29.1 Å². The van der Waals surface area contributed by atoms with E-state index in [0.717, 1.165) is 51.4 Å². The molecule has 2 atom stereocenters. The molecule has 0 aliphatic carbocycles. The van der Waals surface area contributed by atoms with Gasteiger partial charge in [-0.2, -0.15) is 0 Å². The molecule has 1 rings (SSSR count). The van der Waals surface area contributed by atoms with Gasteiger partial charge in [0.25, 0.3) is 0 Å². The summed E-state index contributed by atoms with van der Waals surface area (Å²) in [4.78, 5) is 22.1. The SMILES string of the molecule is CCCCCCC(=O)CC1OC1CCCCCCCC(=O)O. The zero-order valence-electron chi connectivity index (χ0n) is 14.0. The molecule has 0 radical (unpaired) electrons. The van der Waals surface area contributed by atoms with E-state index in [1.165, 1.54) is 19.3 Å². The van der Waals surface area contributed by atoms with Gasteiger partial charge in [0.1, 0.15) is 5.78 Å². The minimum Gasteiger partial charge on any atom is -0.481 e. The van der Waals surface area contributed by atoms with Crippen molar-refractivity contribution in [2.75, 3.05) is 0 Å². The highest BCUT2D eigenvalue weighted by molar-refractivity contribution is 5.79. The van der Waals surface area contributed by atoms with Gasteiger partial charge in [-0.15, -0.1) is 0 Å².